The van der Waals surface area contributed by atoms with Crippen LogP contribution in [-0.4, -0.2) is 13.2 Å². The average Bonchev–Trinajstić information content (AvgIpc) is 2.89. The van der Waals surface area contributed by atoms with Gasteiger partial charge in [0.25, 0.3) is 0 Å². The summed E-state index contributed by atoms with van der Waals surface area (Å²) >= 11 is 0. The molecule has 2 bridgehead atoms. The molecule has 2 aliphatic carbocycles. The van der Waals surface area contributed by atoms with Crippen LogP contribution in [0.2, 0.25) is 0 Å². The zero-order chi connectivity index (χ0) is 15.3. The molecule has 0 aliphatic heterocycles. The van der Waals surface area contributed by atoms with Gasteiger partial charge in [-0.25, -0.2) is 0 Å². The highest BCUT2D eigenvalue weighted by Gasteiger charge is 2.58. The molecule has 0 radical (unpaired) electrons. The minimum atomic E-state index is 0.407. The maximum atomic E-state index is 5.51. The third-order valence-electron chi connectivity index (χ3n) is 6.20. The van der Waals surface area contributed by atoms with Gasteiger partial charge in [-0.3, -0.25) is 0 Å². The molecule has 0 heterocycles. The molecule has 1 aromatic rings. The first-order valence-corrected chi connectivity index (χ1v) is 8.24. The zero-order valence-electron chi connectivity index (χ0n) is 14.1. The van der Waals surface area contributed by atoms with Crippen molar-refractivity contribution in [2.24, 2.45) is 16.7 Å². The van der Waals surface area contributed by atoms with E-state index in [1.165, 1.54) is 30.4 Å². The Morgan fingerprint density at radius 3 is 2.67 bits per heavy atom. The SMILES string of the molecule is COc1ccc(C)cc1CNC1C2(C)CCC(C2)C1(C)C. The molecule has 2 aliphatic rings. The molecular formula is C19H29NO. The van der Waals surface area contributed by atoms with Crippen molar-refractivity contribution in [3.8, 4) is 5.75 Å². The van der Waals surface area contributed by atoms with Gasteiger partial charge < -0.3 is 10.1 Å². The molecule has 2 nitrogen and oxygen atoms in total. The number of benzene rings is 1. The van der Waals surface area contributed by atoms with Crippen molar-refractivity contribution in [1.82, 2.24) is 5.32 Å². The van der Waals surface area contributed by atoms with E-state index in [9.17, 15) is 0 Å². The van der Waals surface area contributed by atoms with Crippen molar-refractivity contribution in [1.29, 1.82) is 0 Å². The van der Waals surface area contributed by atoms with Crippen LogP contribution in [0.4, 0.5) is 0 Å². The van der Waals surface area contributed by atoms with Crippen LogP contribution >= 0.6 is 0 Å². The highest BCUT2D eigenvalue weighted by atomic mass is 16.5. The number of methoxy groups -OCH3 is 1. The topological polar surface area (TPSA) is 21.3 Å². The second-order valence-electron chi connectivity index (χ2n) is 8.04. The van der Waals surface area contributed by atoms with Crippen molar-refractivity contribution in [3.63, 3.8) is 0 Å². The van der Waals surface area contributed by atoms with Gasteiger partial charge in [0, 0.05) is 18.2 Å². The van der Waals surface area contributed by atoms with Gasteiger partial charge in [-0.15, -0.1) is 0 Å². The molecule has 2 saturated carbocycles. The summed E-state index contributed by atoms with van der Waals surface area (Å²) in [5, 5.41) is 3.88. The van der Waals surface area contributed by atoms with Crippen molar-refractivity contribution in [3.05, 3.63) is 29.3 Å². The Morgan fingerprint density at radius 2 is 2.05 bits per heavy atom. The molecule has 116 valence electrons. The lowest BCUT2D eigenvalue weighted by molar-refractivity contribution is 0.108. The zero-order valence-corrected chi connectivity index (χ0v) is 14.1. The van der Waals surface area contributed by atoms with Crippen LogP contribution in [0, 0.1) is 23.7 Å². The highest BCUT2D eigenvalue weighted by molar-refractivity contribution is 5.37. The number of hydrogen-bond acceptors (Lipinski definition) is 2. The lowest BCUT2D eigenvalue weighted by atomic mass is 9.68. The number of hydrogen-bond donors (Lipinski definition) is 1. The third-order valence-corrected chi connectivity index (χ3v) is 6.20. The molecule has 0 saturated heterocycles. The lowest BCUT2D eigenvalue weighted by Gasteiger charge is -2.43. The van der Waals surface area contributed by atoms with E-state index in [-0.39, 0.29) is 0 Å². The number of fused-ring (bicyclic) bond motifs is 2. The maximum Gasteiger partial charge on any atom is 0.123 e. The molecule has 2 heteroatoms. The Morgan fingerprint density at radius 1 is 1.29 bits per heavy atom. The summed E-state index contributed by atoms with van der Waals surface area (Å²) in [4.78, 5) is 0. The minimum absolute atomic E-state index is 0.407. The Kier molecular flexibility index (Phi) is 3.56. The van der Waals surface area contributed by atoms with Gasteiger partial charge in [0.05, 0.1) is 7.11 Å². The number of ether oxygens (including phenoxy) is 1. The Hall–Kier alpha value is -1.02. The van der Waals surface area contributed by atoms with Crippen molar-refractivity contribution < 1.29 is 4.74 Å². The molecule has 0 amide bonds. The summed E-state index contributed by atoms with van der Waals surface area (Å²) in [7, 11) is 1.76. The lowest BCUT2D eigenvalue weighted by Crippen LogP contribution is -2.49. The summed E-state index contributed by atoms with van der Waals surface area (Å²) in [6.07, 6.45) is 4.18. The molecule has 0 aromatic heterocycles. The van der Waals surface area contributed by atoms with E-state index in [0.29, 0.717) is 16.9 Å². The van der Waals surface area contributed by atoms with E-state index >= 15 is 0 Å². The normalized spacial score (nSPS) is 33.4. The smallest absolute Gasteiger partial charge is 0.123 e. The van der Waals surface area contributed by atoms with E-state index in [4.69, 9.17) is 4.74 Å². The molecule has 21 heavy (non-hydrogen) atoms. The summed E-state index contributed by atoms with van der Waals surface area (Å²) in [6.45, 7) is 10.4. The predicted molar refractivity (Wildman–Crippen MR) is 87.6 cm³/mol. The van der Waals surface area contributed by atoms with Gasteiger partial charge in [0.1, 0.15) is 5.75 Å². The van der Waals surface area contributed by atoms with E-state index in [1.807, 2.05) is 0 Å². The van der Waals surface area contributed by atoms with Gasteiger partial charge in [0.15, 0.2) is 0 Å². The van der Waals surface area contributed by atoms with E-state index < -0.39 is 0 Å². The first-order chi connectivity index (χ1) is 9.87. The molecule has 3 rings (SSSR count). The maximum absolute atomic E-state index is 5.51. The first kappa shape index (κ1) is 14.9. The highest BCUT2D eigenvalue weighted by Crippen LogP contribution is 2.62. The fraction of sp³-hybridized carbons (Fsp3) is 0.684. The Labute approximate surface area is 129 Å². The predicted octanol–water partition coefficient (Wildman–Crippen LogP) is 4.31. The minimum Gasteiger partial charge on any atom is -0.496 e. The van der Waals surface area contributed by atoms with Gasteiger partial charge in [-0.2, -0.15) is 0 Å². The summed E-state index contributed by atoms with van der Waals surface area (Å²) < 4.78 is 5.51. The molecule has 3 unspecified atom stereocenters. The van der Waals surface area contributed by atoms with Gasteiger partial charge >= 0.3 is 0 Å². The second kappa shape index (κ2) is 5.01. The van der Waals surface area contributed by atoms with Gasteiger partial charge in [0.2, 0.25) is 0 Å². The van der Waals surface area contributed by atoms with Crippen molar-refractivity contribution >= 4 is 0 Å². The van der Waals surface area contributed by atoms with Crippen LogP contribution in [0.15, 0.2) is 18.2 Å². The largest absolute Gasteiger partial charge is 0.496 e. The van der Waals surface area contributed by atoms with Crippen LogP contribution in [0.5, 0.6) is 5.75 Å². The van der Waals surface area contributed by atoms with E-state index in [1.54, 1.807) is 7.11 Å². The fourth-order valence-electron chi connectivity index (χ4n) is 5.07. The monoisotopic (exact) mass is 287 g/mol. The quantitative estimate of drug-likeness (QED) is 0.891. The van der Waals surface area contributed by atoms with Crippen molar-refractivity contribution in [2.75, 3.05) is 7.11 Å². The second-order valence-corrected chi connectivity index (χ2v) is 8.04. The van der Waals surface area contributed by atoms with Crippen LogP contribution in [0.1, 0.15) is 51.2 Å². The fourth-order valence-corrected chi connectivity index (χ4v) is 5.07. The summed E-state index contributed by atoms with van der Waals surface area (Å²) in [5.74, 6) is 1.89. The number of aryl methyl sites for hydroxylation is 1. The molecular weight excluding hydrogens is 258 g/mol. The first-order valence-electron chi connectivity index (χ1n) is 8.24. The van der Waals surface area contributed by atoms with E-state index in [2.05, 4.69) is 51.2 Å². The molecule has 2 fully saturated rings. The van der Waals surface area contributed by atoms with Crippen LogP contribution in [0.3, 0.4) is 0 Å². The van der Waals surface area contributed by atoms with E-state index in [0.717, 1.165) is 18.2 Å². The Balaban J connectivity index is 1.78. The molecule has 1 aromatic carbocycles. The Bertz CT molecular complexity index is 532. The summed E-state index contributed by atoms with van der Waals surface area (Å²) in [6, 6.07) is 7.05. The van der Waals surface area contributed by atoms with Crippen LogP contribution < -0.4 is 10.1 Å². The standard InChI is InChI=1S/C19H29NO/c1-13-6-7-16(21-5)14(10-13)12-20-17-18(2,3)15-8-9-19(17,4)11-15/h6-7,10,15,17,20H,8-9,11-12H2,1-5H3. The summed E-state index contributed by atoms with van der Waals surface area (Å²) in [5.41, 5.74) is 3.46. The number of rotatable bonds is 4. The molecule has 3 atom stereocenters. The van der Waals surface area contributed by atoms with Crippen LogP contribution in [-0.2, 0) is 6.54 Å². The van der Waals surface area contributed by atoms with Crippen molar-refractivity contribution in [2.45, 2.75) is 59.5 Å². The van der Waals surface area contributed by atoms with Gasteiger partial charge in [-0.05, 0) is 49.0 Å². The number of nitrogens with one attached hydrogen (secondary N) is 1. The van der Waals surface area contributed by atoms with Gasteiger partial charge in [-0.1, -0.05) is 38.5 Å². The van der Waals surface area contributed by atoms with Crippen LogP contribution in [0.25, 0.3) is 0 Å². The average molecular weight is 287 g/mol. The molecule has 1 N–H and O–H groups in total. The third kappa shape index (κ3) is 2.38. The molecule has 0 spiro atoms.